The molecule has 35 heavy (non-hydrogen) atoms. The molecule has 1 aliphatic rings. The number of halogens is 6. The summed E-state index contributed by atoms with van der Waals surface area (Å²) in [6, 6.07) is 10.3. The van der Waals surface area contributed by atoms with Crippen LogP contribution < -0.4 is 4.74 Å². The number of hydrogen-bond donors (Lipinski definition) is 1. The summed E-state index contributed by atoms with van der Waals surface area (Å²) in [4.78, 5) is 7.59. The van der Waals surface area contributed by atoms with Gasteiger partial charge in [-0.25, -0.2) is 0 Å². The Labute approximate surface area is 193 Å². The van der Waals surface area contributed by atoms with Gasteiger partial charge in [0.2, 0.25) is 5.82 Å². The van der Waals surface area contributed by atoms with Crippen LogP contribution in [-0.4, -0.2) is 33.6 Å². The van der Waals surface area contributed by atoms with Crippen molar-refractivity contribution in [2.45, 2.75) is 37.7 Å². The van der Waals surface area contributed by atoms with Gasteiger partial charge in [-0.1, -0.05) is 11.2 Å². The first kappa shape index (κ1) is 22.8. The van der Waals surface area contributed by atoms with Crippen LogP contribution in [0.25, 0.3) is 33.7 Å². The number of alkyl halides is 6. The predicted molar refractivity (Wildman–Crippen MR) is 110 cm³/mol. The van der Waals surface area contributed by atoms with E-state index in [2.05, 4.69) is 19.9 Å². The normalized spacial score (nSPS) is 13.9. The zero-order valence-electron chi connectivity index (χ0n) is 17.6. The molecule has 0 bridgehead atoms. The maximum absolute atomic E-state index is 13.0. The largest absolute Gasteiger partial charge is 0.470 e. The lowest BCUT2D eigenvalue weighted by Gasteiger charge is -2.24. The summed E-state index contributed by atoms with van der Waals surface area (Å²) in [5, 5.41) is 14.4. The lowest BCUT2D eigenvalue weighted by Crippen LogP contribution is -2.46. The fourth-order valence-corrected chi connectivity index (χ4v) is 4.20. The number of H-pyrrole nitrogens is 1. The van der Waals surface area contributed by atoms with Crippen LogP contribution in [0, 0.1) is 11.3 Å². The zero-order valence-corrected chi connectivity index (χ0v) is 17.6. The van der Waals surface area contributed by atoms with Crippen LogP contribution >= 0.6 is 0 Å². The van der Waals surface area contributed by atoms with Crippen molar-refractivity contribution >= 4 is 10.9 Å². The summed E-state index contributed by atoms with van der Waals surface area (Å²) in [6.45, 7) is 0. The minimum absolute atomic E-state index is 0.147. The van der Waals surface area contributed by atoms with Gasteiger partial charge in [-0.3, -0.25) is 0 Å². The topological polar surface area (TPSA) is 87.7 Å². The van der Waals surface area contributed by atoms with E-state index in [9.17, 15) is 31.6 Å². The molecule has 0 spiro atoms. The summed E-state index contributed by atoms with van der Waals surface area (Å²) in [5.41, 5.74) is 3.20. The van der Waals surface area contributed by atoms with Crippen molar-refractivity contribution in [1.82, 2.24) is 15.1 Å². The van der Waals surface area contributed by atoms with Crippen LogP contribution in [-0.2, 0) is 12.8 Å². The predicted octanol–water partition coefficient (Wildman–Crippen LogP) is 6.12. The van der Waals surface area contributed by atoms with Crippen LogP contribution in [0.2, 0.25) is 0 Å². The molecule has 180 valence electrons. The number of aryl methyl sites for hydroxylation is 2. The fourth-order valence-electron chi connectivity index (χ4n) is 4.20. The van der Waals surface area contributed by atoms with Crippen molar-refractivity contribution < 1.29 is 35.6 Å². The van der Waals surface area contributed by atoms with Gasteiger partial charge >= 0.3 is 12.4 Å². The van der Waals surface area contributed by atoms with Gasteiger partial charge < -0.3 is 14.2 Å². The summed E-state index contributed by atoms with van der Waals surface area (Å²) in [7, 11) is 0. The second-order valence-corrected chi connectivity index (χ2v) is 7.99. The van der Waals surface area contributed by atoms with Crippen molar-refractivity contribution in [2.24, 2.45) is 0 Å². The lowest BCUT2D eigenvalue weighted by atomic mass is 10.1. The van der Waals surface area contributed by atoms with Crippen molar-refractivity contribution in [3.8, 4) is 34.7 Å². The maximum Gasteiger partial charge on any atom is 0.434 e. The van der Waals surface area contributed by atoms with E-state index in [-0.39, 0.29) is 17.3 Å². The van der Waals surface area contributed by atoms with E-state index >= 15 is 0 Å². The molecular weight excluding hydrogens is 478 g/mol. The number of rotatable bonds is 4. The molecule has 0 aliphatic heterocycles. The summed E-state index contributed by atoms with van der Waals surface area (Å²) in [5.74, 6) is -1.01. The van der Waals surface area contributed by atoms with E-state index in [0.29, 0.717) is 5.56 Å². The third kappa shape index (κ3) is 4.07. The number of ether oxygens (including phenoxy) is 1. The number of benzene rings is 2. The summed E-state index contributed by atoms with van der Waals surface area (Å²) >= 11 is 0. The maximum atomic E-state index is 13.0. The molecule has 0 atom stereocenters. The molecule has 1 aliphatic carbocycles. The molecule has 5 rings (SSSR count). The first-order valence-corrected chi connectivity index (χ1v) is 10.4. The first-order chi connectivity index (χ1) is 16.6. The first-order valence-electron chi connectivity index (χ1n) is 10.4. The summed E-state index contributed by atoms with van der Waals surface area (Å²) < 4.78 is 87.2. The van der Waals surface area contributed by atoms with Gasteiger partial charge in [-0.05, 0) is 55.2 Å². The molecule has 2 aromatic carbocycles. The number of fused-ring (bicyclic) bond motifs is 3. The number of nitrogens with zero attached hydrogens (tertiary/aromatic N) is 3. The SMILES string of the molecule is N#Cc1c(OC(C(F)(F)F)C(F)(F)F)cccc1-c1nc(-c2ccc3[nH]c4c(c3c2)CCC4)no1. The highest BCUT2D eigenvalue weighted by Gasteiger charge is 2.59. The smallest absolute Gasteiger partial charge is 0.434 e. The third-order valence-corrected chi connectivity index (χ3v) is 5.74. The highest BCUT2D eigenvalue weighted by atomic mass is 19.4. The molecule has 6 nitrogen and oxygen atoms in total. The molecule has 4 aromatic rings. The standard InChI is InChI=1S/C23H14F6N4O2/c24-22(25,26)21(23(27,28)29)34-18-6-2-4-13(15(18)10-30)20-32-19(33-35-20)11-7-8-17-14(9-11)12-3-1-5-16(12)31-17/h2,4,6-9,21,31H,1,3,5H2. The van der Waals surface area contributed by atoms with Gasteiger partial charge in [-0.2, -0.15) is 36.6 Å². The number of nitrogens with one attached hydrogen (secondary N) is 1. The molecule has 0 saturated carbocycles. The Morgan fingerprint density at radius 1 is 1.06 bits per heavy atom. The van der Waals surface area contributed by atoms with Gasteiger partial charge in [0.15, 0.2) is 0 Å². The Bertz CT molecular complexity index is 1450. The number of nitriles is 1. The fraction of sp³-hybridized carbons (Fsp3) is 0.261. The molecule has 12 heteroatoms. The van der Waals surface area contributed by atoms with Gasteiger partial charge in [-0.15, -0.1) is 0 Å². The van der Waals surface area contributed by atoms with Crippen LogP contribution in [0.4, 0.5) is 26.3 Å². The molecule has 2 aromatic heterocycles. The van der Waals surface area contributed by atoms with E-state index in [1.165, 1.54) is 17.3 Å². The Kier molecular flexibility index (Phi) is 5.23. The van der Waals surface area contributed by atoms with Crippen molar-refractivity contribution in [1.29, 1.82) is 5.26 Å². The van der Waals surface area contributed by atoms with E-state index in [1.807, 2.05) is 12.1 Å². The van der Waals surface area contributed by atoms with Gasteiger partial charge in [0.05, 0.1) is 5.56 Å². The lowest BCUT2D eigenvalue weighted by molar-refractivity contribution is -0.299. The second kappa shape index (κ2) is 8.04. The highest BCUT2D eigenvalue weighted by Crippen LogP contribution is 2.39. The molecule has 0 unspecified atom stereocenters. The Morgan fingerprint density at radius 2 is 1.83 bits per heavy atom. The highest BCUT2D eigenvalue weighted by molar-refractivity contribution is 5.89. The van der Waals surface area contributed by atoms with Gasteiger partial charge in [0, 0.05) is 22.2 Å². The van der Waals surface area contributed by atoms with Crippen LogP contribution in [0.15, 0.2) is 40.9 Å². The van der Waals surface area contributed by atoms with Crippen molar-refractivity contribution in [3.05, 3.63) is 53.2 Å². The summed E-state index contributed by atoms with van der Waals surface area (Å²) in [6.07, 6.45) is -12.6. The van der Waals surface area contributed by atoms with Gasteiger partial charge in [0.25, 0.3) is 12.0 Å². The average molecular weight is 492 g/mol. The van der Waals surface area contributed by atoms with Crippen molar-refractivity contribution in [2.75, 3.05) is 0 Å². The monoisotopic (exact) mass is 492 g/mol. The molecule has 0 saturated heterocycles. The molecule has 1 N–H and O–H groups in total. The molecule has 2 heterocycles. The van der Waals surface area contributed by atoms with Gasteiger partial charge in [0.1, 0.15) is 17.4 Å². The zero-order chi connectivity index (χ0) is 25.0. The van der Waals surface area contributed by atoms with Crippen LogP contribution in [0.5, 0.6) is 5.75 Å². The average Bonchev–Trinajstić information content (AvgIpc) is 3.51. The minimum atomic E-state index is -5.74. The molecular formula is C23H14F6N4O2. The molecule has 0 amide bonds. The Hall–Kier alpha value is -4.01. The van der Waals surface area contributed by atoms with E-state index < -0.39 is 29.8 Å². The Balaban J connectivity index is 1.51. The third-order valence-electron chi connectivity index (χ3n) is 5.74. The van der Waals surface area contributed by atoms with E-state index in [1.54, 1.807) is 12.1 Å². The quantitative estimate of drug-likeness (QED) is 0.347. The molecule has 0 fully saturated rings. The number of aromatic amines is 1. The van der Waals surface area contributed by atoms with E-state index in [4.69, 9.17) is 4.52 Å². The second-order valence-electron chi connectivity index (χ2n) is 7.99. The van der Waals surface area contributed by atoms with Crippen LogP contribution in [0.3, 0.4) is 0 Å². The number of aromatic nitrogens is 3. The molecule has 0 radical (unpaired) electrons. The Morgan fingerprint density at radius 3 is 2.54 bits per heavy atom. The van der Waals surface area contributed by atoms with Crippen molar-refractivity contribution in [3.63, 3.8) is 0 Å². The minimum Gasteiger partial charge on any atom is -0.470 e. The van der Waals surface area contributed by atoms with E-state index in [0.717, 1.165) is 42.3 Å². The number of hydrogen-bond acceptors (Lipinski definition) is 5. The van der Waals surface area contributed by atoms with Crippen LogP contribution in [0.1, 0.15) is 23.2 Å².